The van der Waals surface area contributed by atoms with E-state index in [9.17, 15) is 0 Å². The van der Waals surface area contributed by atoms with Gasteiger partial charge in [0.15, 0.2) is 0 Å². The minimum atomic E-state index is 0.554. The van der Waals surface area contributed by atoms with E-state index >= 15 is 0 Å². The van der Waals surface area contributed by atoms with E-state index in [0.717, 1.165) is 24.4 Å². The van der Waals surface area contributed by atoms with Crippen molar-refractivity contribution in [1.82, 2.24) is 4.90 Å². The Morgan fingerprint density at radius 1 is 1.35 bits per heavy atom. The highest BCUT2D eigenvalue weighted by Crippen LogP contribution is 2.13. The van der Waals surface area contributed by atoms with E-state index < -0.39 is 0 Å². The summed E-state index contributed by atoms with van der Waals surface area (Å²) in [4.78, 5) is 2.45. The second kappa shape index (κ2) is 7.51. The van der Waals surface area contributed by atoms with Crippen molar-refractivity contribution in [2.24, 2.45) is 5.73 Å². The number of rotatable bonds is 8. The van der Waals surface area contributed by atoms with Crippen LogP contribution >= 0.6 is 0 Å². The quantitative estimate of drug-likeness (QED) is 0.707. The Bertz CT molecular complexity index is 307. The minimum Gasteiger partial charge on any atom is -0.468 e. The number of nitrogens with two attached hydrogens (primary N) is 1. The lowest BCUT2D eigenvalue weighted by atomic mass is 10.2. The van der Waals surface area contributed by atoms with Crippen molar-refractivity contribution in [2.75, 3.05) is 6.54 Å². The number of nitrogens with zero attached hydrogens (tertiary/aromatic N) is 1. The first kappa shape index (κ1) is 14.3. The van der Waals surface area contributed by atoms with Gasteiger partial charge < -0.3 is 10.2 Å². The van der Waals surface area contributed by atoms with Gasteiger partial charge in [0.2, 0.25) is 0 Å². The van der Waals surface area contributed by atoms with Crippen molar-refractivity contribution in [1.29, 1.82) is 0 Å². The fourth-order valence-electron chi connectivity index (χ4n) is 1.90. The summed E-state index contributed by atoms with van der Waals surface area (Å²) in [5.74, 6) is 1.02. The van der Waals surface area contributed by atoms with Gasteiger partial charge in [0.25, 0.3) is 0 Å². The van der Waals surface area contributed by atoms with Crippen LogP contribution in [-0.4, -0.2) is 17.5 Å². The van der Waals surface area contributed by atoms with Crippen LogP contribution in [0, 0.1) is 0 Å². The lowest BCUT2D eigenvalue weighted by molar-refractivity contribution is 0.192. The van der Waals surface area contributed by atoms with E-state index in [1.165, 1.54) is 19.3 Å². The van der Waals surface area contributed by atoms with Crippen LogP contribution in [0.25, 0.3) is 0 Å². The lowest BCUT2D eigenvalue weighted by Gasteiger charge is -2.25. The van der Waals surface area contributed by atoms with Crippen LogP contribution in [0.3, 0.4) is 0 Å². The molecular weight excluding hydrogens is 212 g/mol. The first-order valence-corrected chi connectivity index (χ1v) is 6.67. The van der Waals surface area contributed by atoms with Crippen LogP contribution in [0.1, 0.15) is 51.4 Å². The summed E-state index contributed by atoms with van der Waals surface area (Å²) in [6.07, 6.45) is 5.60. The standard InChI is InChI=1S/C14H26N2O/c1-4-5-6-7-16(12(2)3)10-14-8-13(9-15)11-17-14/h8,11-12H,4-7,9-10,15H2,1-3H3. The largest absolute Gasteiger partial charge is 0.468 e. The Morgan fingerprint density at radius 2 is 2.12 bits per heavy atom. The van der Waals surface area contributed by atoms with Crippen molar-refractivity contribution >= 4 is 0 Å². The first-order chi connectivity index (χ1) is 8.17. The number of unbranched alkanes of at least 4 members (excludes halogenated alkanes) is 2. The van der Waals surface area contributed by atoms with E-state index in [1.54, 1.807) is 6.26 Å². The van der Waals surface area contributed by atoms with Crippen LogP contribution < -0.4 is 5.73 Å². The Hall–Kier alpha value is -0.800. The molecule has 1 aromatic heterocycles. The van der Waals surface area contributed by atoms with Crippen LogP contribution in [-0.2, 0) is 13.1 Å². The summed E-state index contributed by atoms with van der Waals surface area (Å²) in [5, 5.41) is 0. The molecular formula is C14H26N2O. The zero-order valence-electron chi connectivity index (χ0n) is 11.4. The van der Waals surface area contributed by atoms with Gasteiger partial charge in [0, 0.05) is 18.2 Å². The average molecular weight is 238 g/mol. The molecule has 0 aliphatic carbocycles. The Labute approximate surface area is 105 Å². The molecule has 0 saturated heterocycles. The van der Waals surface area contributed by atoms with E-state index in [4.69, 9.17) is 10.2 Å². The Balaban J connectivity index is 2.47. The van der Waals surface area contributed by atoms with Crippen molar-refractivity contribution in [2.45, 2.75) is 59.2 Å². The molecule has 1 heterocycles. The molecule has 0 aliphatic heterocycles. The first-order valence-electron chi connectivity index (χ1n) is 6.67. The van der Waals surface area contributed by atoms with Gasteiger partial charge in [-0.3, -0.25) is 4.90 Å². The van der Waals surface area contributed by atoms with Crippen molar-refractivity contribution in [3.05, 3.63) is 23.7 Å². The molecule has 0 amide bonds. The fourth-order valence-corrected chi connectivity index (χ4v) is 1.90. The van der Waals surface area contributed by atoms with Gasteiger partial charge in [-0.25, -0.2) is 0 Å². The van der Waals surface area contributed by atoms with Crippen LogP contribution in [0.4, 0.5) is 0 Å². The molecule has 2 N–H and O–H groups in total. The maximum atomic E-state index is 5.58. The smallest absolute Gasteiger partial charge is 0.118 e. The molecule has 3 nitrogen and oxygen atoms in total. The fraction of sp³-hybridized carbons (Fsp3) is 0.714. The number of furan rings is 1. The number of hydrogen-bond acceptors (Lipinski definition) is 3. The lowest BCUT2D eigenvalue weighted by Crippen LogP contribution is -2.31. The van der Waals surface area contributed by atoms with E-state index in [0.29, 0.717) is 12.6 Å². The van der Waals surface area contributed by atoms with Gasteiger partial charge in [0.1, 0.15) is 5.76 Å². The molecule has 0 unspecified atom stereocenters. The zero-order valence-corrected chi connectivity index (χ0v) is 11.4. The second-order valence-electron chi connectivity index (χ2n) is 4.90. The predicted octanol–water partition coefficient (Wildman–Crippen LogP) is 3.14. The maximum absolute atomic E-state index is 5.58. The van der Waals surface area contributed by atoms with E-state index in [-0.39, 0.29) is 0 Å². The normalized spacial score (nSPS) is 11.6. The Morgan fingerprint density at radius 3 is 2.65 bits per heavy atom. The highest BCUT2D eigenvalue weighted by Gasteiger charge is 2.11. The SMILES string of the molecule is CCCCCN(Cc1cc(CN)co1)C(C)C. The molecule has 0 aliphatic rings. The number of hydrogen-bond donors (Lipinski definition) is 1. The summed E-state index contributed by atoms with van der Waals surface area (Å²) in [6, 6.07) is 2.62. The van der Waals surface area contributed by atoms with Gasteiger partial charge in [0.05, 0.1) is 12.8 Å². The highest BCUT2D eigenvalue weighted by molar-refractivity contribution is 5.12. The molecule has 0 spiro atoms. The van der Waals surface area contributed by atoms with Crippen LogP contribution in [0.15, 0.2) is 16.7 Å². The molecule has 1 rings (SSSR count). The highest BCUT2D eigenvalue weighted by atomic mass is 16.3. The molecule has 98 valence electrons. The summed E-state index contributed by atoms with van der Waals surface area (Å²) in [5.41, 5.74) is 6.66. The summed E-state index contributed by atoms with van der Waals surface area (Å²) < 4.78 is 5.52. The van der Waals surface area contributed by atoms with Crippen molar-refractivity contribution in [3.8, 4) is 0 Å². The monoisotopic (exact) mass is 238 g/mol. The maximum Gasteiger partial charge on any atom is 0.118 e. The molecule has 0 fully saturated rings. The molecule has 17 heavy (non-hydrogen) atoms. The van der Waals surface area contributed by atoms with Crippen LogP contribution in [0.2, 0.25) is 0 Å². The predicted molar refractivity (Wildman–Crippen MR) is 71.7 cm³/mol. The van der Waals surface area contributed by atoms with Crippen LogP contribution in [0.5, 0.6) is 0 Å². The molecule has 0 atom stereocenters. The van der Waals surface area contributed by atoms with Gasteiger partial charge in [-0.2, -0.15) is 0 Å². The topological polar surface area (TPSA) is 42.4 Å². The average Bonchev–Trinajstić information content (AvgIpc) is 2.75. The third-order valence-corrected chi connectivity index (χ3v) is 3.08. The van der Waals surface area contributed by atoms with Gasteiger partial charge in [-0.15, -0.1) is 0 Å². The molecule has 1 aromatic rings. The molecule has 0 aromatic carbocycles. The third kappa shape index (κ3) is 4.92. The van der Waals surface area contributed by atoms with Gasteiger partial charge >= 0.3 is 0 Å². The van der Waals surface area contributed by atoms with Crippen molar-refractivity contribution in [3.63, 3.8) is 0 Å². The summed E-state index contributed by atoms with van der Waals surface area (Å²) >= 11 is 0. The zero-order chi connectivity index (χ0) is 12.7. The molecule has 0 bridgehead atoms. The van der Waals surface area contributed by atoms with Gasteiger partial charge in [-0.1, -0.05) is 19.8 Å². The molecule has 0 radical (unpaired) electrons. The third-order valence-electron chi connectivity index (χ3n) is 3.08. The van der Waals surface area contributed by atoms with Gasteiger partial charge in [-0.05, 0) is 32.9 Å². The minimum absolute atomic E-state index is 0.554. The van der Waals surface area contributed by atoms with E-state index in [1.807, 2.05) is 0 Å². The summed E-state index contributed by atoms with van der Waals surface area (Å²) in [7, 11) is 0. The molecule has 3 heteroatoms. The van der Waals surface area contributed by atoms with E-state index in [2.05, 4.69) is 31.7 Å². The second-order valence-corrected chi connectivity index (χ2v) is 4.90. The van der Waals surface area contributed by atoms with Crippen molar-refractivity contribution < 1.29 is 4.42 Å². The molecule has 0 saturated carbocycles. The summed E-state index contributed by atoms with van der Waals surface area (Å²) in [6.45, 7) is 9.30. The Kier molecular flexibility index (Phi) is 6.30.